The van der Waals surface area contributed by atoms with Gasteiger partial charge in [0.05, 0.1) is 11.6 Å². The van der Waals surface area contributed by atoms with Gasteiger partial charge in [0, 0.05) is 5.56 Å². The maximum Gasteiger partial charge on any atom is 0.433 e. The highest BCUT2D eigenvalue weighted by Gasteiger charge is 2.33. The molecule has 150 valence electrons. The fourth-order valence-electron chi connectivity index (χ4n) is 2.69. The van der Waals surface area contributed by atoms with Crippen LogP contribution in [0.1, 0.15) is 11.3 Å². The molecule has 2 heterocycles. The van der Waals surface area contributed by atoms with Gasteiger partial charge in [0.2, 0.25) is 0 Å². The van der Waals surface area contributed by atoms with E-state index < -0.39 is 11.9 Å². The van der Waals surface area contributed by atoms with E-state index in [9.17, 15) is 17.6 Å². The average Bonchev–Trinajstić information content (AvgIpc) is 2.74. The maximum absolute atomic E-state index is 13.1. The first-order valence-electron chi connectivity index (χ1n) is 8.76. The van der Waals surface area contributed by atoms with Crippen LogP contribution in [0.25, 0.3) is 22.4 Å². The minimum Gasteiger partial charge on any atom is -0.261 e. The first kappa shape index (κ1) is 19.4. The summed E-state index contributed by atoms with van der Waals surface area (Å²) in [5.74, 6) is 0.0220. The van der Waals surface area contributed by atoms with Crippen molar-refractivity contribution in [3.8, 4) is 11.4 Å². The lowest BCUT2D eigenvalue weighted by Gasteiger charge is -2.10. The number of pyridine rings is 1. The quantitative estimate of drug-likeness (QED) is 0.281. The molecule has 2 aromatic heterocycles. The maximum atomic E-state index is 13.1. The molecule has 0 aliphatic heterocycles. The first-order chi connectivity index (χ1) is 14.4. The van der Waals surface area contributed by atoms with E-state index in [-0.39, 0.29) is 28.5 Å². The van der Waals surface area contributed by atoms with Crippen LogP contribution in [-0.4, -0.2) is 21.2 Å². The van der Waals surface area contributed by atoms with Crippen molar-refractivity contribution in [3.05, 3.63) is 83.8 Å². The molecule has 0 fully saturated rings. The minimum absolute atomic E-state index is 0.113. The molecule has 0 bridgehead atoms. The van der Waals surface area contributed by atoms with E-state index in [2.05, 4.69) is 25.5 Å². The lowest BCUT2D eigenvalue weighted by molar-refractivity contribution is -0.141. The van der Waals surface area contributed by atoms with E-state index >= 15 is 0 Å². The van der Waals surface area contributed by atoms with Gasteiger partial charge in [-0.2, -0.15) is 18.3 Å². The molecular formula is C21H13F4N5. The molecule has 0 saturated heterocycles. The summed E-state index contributed by atoms with van der Waals surface area (Å²) in [4.78, 5) is 12.3. The smallest absolute Gasteiger partial charge is 0.261 e. The molecule has 0 spiro atoms. The van der Waals surface area contributed by atoms with Crippen LogP contribution in [0.15, 0.2) is 71.8 Å². The Morgan fingerprint density at radius 2 is 1.57 bits per heavy atom. The van der Waals surface area contributed by atoms with Crippen molar-refractivity contribution in [1.82, 2.24) is 15.0 Å². The molecular weight excluding hydrogens is 398 g/mol. The zero-order valence-corrected chi connectivity index (χ0v) is 15.2. The van der Waals surface area contributed by atoms with Gasteiger partial charge in [0.15, 0.2) is 17.3 Å². The van der Waals surface area contributed by atoms with Crippen molar-refractivity contribution >= 4 is 23.1 Å². The number of benzene rings is 2. The number of anilines is 1. The molecule has 0 aliphatic carbocycles. The van der Waals surface area contributed by atoms with Crippen LogP contribution in [0, 0.1) is 5.82 Å². The van der Waals surface area contributed by atoms with Gasteiger partial charge in [-0.15, -0.1) is 0 Å². The Labute approximate surface area is 168 Å². The van der Waals surface area contributed by atoms with E-state index in [0.29, 0.717) is 11.1 Å². The summed E-state index contributed by atoms with van der Waals surface area (Å²) in [6.45, 7) is 0. The fraction of sp³-hybridized carbons (Fsp3) is 0.0476. The van der Waals surface area contributed by atoms with Gasteiger partial charge < -0.3 is 0 Å². The monoisotopic (exact) mass is 411 g/mol. The van der Waals surface area contributed by atoms with E-state index in [0.717, 1.165) is 6.07 Å². The Morgan fingerprint density at radius 3 is 2.27 bits per heavy atom. The van der Waals surface area contributed by atoms with Crippen LogP contribution in [0.2, 0.25) is 0 Å². The average molecular weight is 411 g/mol. The molecule has 9 heteroatoms. The molecule has 30 heavy (non-hydrogen) atoms. The topological polar surface area (TPSA) is 63.1 Å². The second-order valence-electron chi connectivity index (χ2n) is 6.25. The highest BCUT2D eigenvalue weighted by molar-refractivity contribution is 5.89. The summed E-state index contributed by atoms with van der Waals surface area (Å²) < 4.78 is 52.3. The number of halogens is 4. The Balaban J connectivity index is 1.77. The molecule has 0 saturated carbocycles. The third-order valence-electron chi connectivity index (χ3n) is 4.14. The van der Waals surface area contributed by atoms with E-state index in [1.807, 2.05) is 0 Å². The summed E-state index contributed by atoms with van der Waals surface area (Å²) in [6.07, 6.45) is -3.16. The summed E-state index contributed by atoms with van der Waals surface area (Å²) in [5.41, 5.74) is 2.80. The lowest BCUT2D eigenvalue weighted by Crippen LogP contribution is -2.09. The van der Waals surface area contributed by atoms with Gasteiger partial charge >= 0.3 is 6.18 Å². The van der Waals surface area contributed by atoms with Gasteiger partial charge in [-0.05, 0) is 29.8 Å². The molecule has 0 unspecified atom stereocenters. The number of nitrogens with one attached hydrogen (secondary N) is 1. The number of rotatable bonds is 4. The van der Waals surface area contributed by atoms with Crippen LogP contribution >= 0.6 is 0 Å². The molecule has 0 radical (unpaired) electrons. The fourth-order valence-corrected chi connectivity index (χ4v) is 2.69. The third kappa shape index (κ3) is 4.24. The van der Waals surface area contributed by atoms with Crippen LogP contribution in [0.3, 0.4) is 0 Å². The number of alkyl halides is 3. The standard InChI is InChI=1S/C21H13F4N5/c22-15-8-6-13(7-9-15)12-26-30-20-16-10-11-17(21(23,24)25)27-19(16)28-18(29-20)14-4-2-1-3-5-14/h1-12H,(H,27,28,29,30). The van der Waals surface area contributed by atoms with Crippen molar-refractivity contribution < 1.29 is 17.6 Å². The molecule has 2 aromatic carbocycles. The highest BCUT2D eigenvalue weighted by Crippen LogP contribution is 2.31. The predicted octanol–water partition coefficient (Wildman–Crippen LogP) is 5.30. The zero-order chi connectivity index (χ0) is 21.1. The zero-order valence-electron chi connectivity index (χ0n) is 15.2. The summed E-state index contributed by atoms with van der Waals surface area (Å²) in [5, 5.41) is 4.34. The van der Waals surface area contributed by atoms with Crippen LogP contribution in [-0.2, 0) is 6.18 Å². The molecule has 4 aromatic rings. The summed E-state index contributed by atoms with van der Waals surface area (Å²) >= 11 is 0. The van der Waals surface area contributed by atoms with E-state index in [4.69, 9.17) is 0 Å². The van der Waals surface area contributed by atoms with E-state index in [1.54, 1.807) is 30.3 Å². The van der Waals surface area contributed by atoms with Gasteiger partial charge in [0.1, 0.15) is 11.5 Å². The van der Waals surface area contributed by atoms with Crippen LogP contribution in [0.5, 0.6) is 0 Å². The Kier molecular flexibility index (Phi) is 5.09. The minimum atomic E-state index is -4.60. The SMILES string of the molecule is Fc1ccc(C=NNc2nc(-c3ccccc3)nc3nc(C(F)(F)F)ccc23)cc1. The molecule has 0 atom stereocenters. The molecule has 0 amide bonds. The number of nitrogens with zero attached hydrogens (tertiary/aromatic N) is 4. The van der Waals surface area contributed by atoms with Crippen molar-refractivity contribution in [2.24, 2.45) is 5.10 Å². The van der Waals surface area contributed by atoms with Crippen molar-refractivity contribution in [1.29, 1.82) is 0 Å². The van der Waals surface area contributed by atoms with E-state index in [1.165, 1.54) is 36.5 Å². The largest absolute Gasteiger partial charge is 0.433 e. The highest BCUT2D eigenvalue weighted by atomic mass is 19.4. The predicted molar refractivity (Wildman–Crippen MR) is 105 cm³/mol. The van der Waals surface area contributed by atoms with Crippen LogP contribution < -0.4 is 5.43 Å². The second kappa shape index (κ2) is 7.86. The summed E-state index contributed by atoms with van der Waals surface area (Å²) in [7, 11) is 0. The van der Waals surface area contributed by atoms with Gasteiger partial charge in [-0.3, -0.25) is 5.43 Å². The number of hydrogen-bond donors (Lipinski definition) is 1. The first-order valence-corrected chi connectivity index (χ1v) is 8.76. The second-order valence-corrected chi connectivity index (χ2v) is 6.25. The third-order valence-corrected chi connectivity index (χ3v) is 4.14. The van der Waals surface area contributed by atoms with Gasteiger partial charge in [-0.1, -0.05) is 42.5 Å². The van der Waals surface area contributed by atoms with Crippen molar-refractivity contribution in [3.63, 3.8) is 0 Å². The summed E-state index contributed by atoms with van der Waals surface area (Å²) in [6, 6.07) is 16.6. The lowest BCUT2D eigenvalue weighted by atomic mass is 10.2. The number of hydrogen-bond acceptors (Lipinski definition) is 5. The Hall–Kier alpha value is -3.88. The van der Waals surface area contributed by atoms with Gasteiger partial charge in [-0.25, -0.2) is 19.3 Å². The number of fused-ring (bicyclic) bond motifs is 1. The van der Waals surface area contributed by atoms with Crippen LogP contribution in [0.4, 0.5) is 23.4 Å². The Morgan fingerprint density at radius 1 is 0.833 bits per heavy atom. The molecule has 5 nitrogen and oxygen atoms in total. The molecule has 0 aliphatic rings. The van der Waals surface area contributed by atoms with Crippen molar-refractivity contribution in [2.75, 3.05) is 5.43 Å². The number of aromatic nitrogens is 3. The normalized spacial score (nSPS) is 11.9. The Bertz CT molecular complexity index is 1210. The van der Waals surface area contributed by atoms with Crippen molar-refractivity contribution in [2.45, 2.75) is 6.18 Å². The number of hydrazone groups is 1. The molecule has 4 rings (SSSR count). The van der Waals surface area contributed by atoms with Gasteiger partial charge in [0.25, 0.3) is 0 Å². The molecule has 1 N–H and O–H groups in total.